The second-order valence-corrected chi connectivity index (χ2v) is 6.27. The van der Waals surface area contributed by atoms with Crippen LogP contribution in [0.1, 0.15) is 39.4 Å². The van der Waals surface area contributed by atoms with Gasteiger partial charge in [0.2, 0.25) is 0 Å². The molecule has 0 fully saturated rings. The number of hydrogen-bond acceptors (Lipinski definition) is 2. The molecule has 2 aromatic rings. The highest BCUT2D eigenvalue weighted by atomic mass is 32.1. The van der Waals surface area contributed by atoms with Crippen molar-refractivity contribution in [1.29, 1.82) is 0 Å². The van der Waals surface area contributed by atoms with Crippen LogP contribution in [0.4, 0.5) is 8.78 Å². The van der Waals surface area contributed by atoms with Crippen LogP contribution in [0.5, 0.6) is 0 Å². The van der Waals surface area contributed by atoms with E-state index in [9.17, 15) is 8.78 Å². The van der Waals surface area contributed by atoms with Crippen molar-refractivity contribution in [2.45, 2.75) is 33.7 Å². The fraction of sp³-hybridized carbons (Fsp3) is 0.375. The van der Waals surface area contributed by atoms with E-state index in [2.05, 4.69) is 11.4 Å². The average Bonchev–Trinajstić information content (AvgIpc) is 2.72. The van der Waals surface area contributed by atoms with Crippen LogP contribution in [-0.2, 0) is 0 Å². The van der Waals surface area contributed by atoms with E-state index >= 15 is 0 Å². The molecule has 0 radical (unpaired) electrons. The minimum absolute atomic E-state index is 0.122. The summed E-state index contributed by atoms with van der Waals surface area (Å²) in [5.74, 6) is -0.953. The molecule has 0 aliphatic heterocycles. The highest BCUT2D eigenvalue weighted by molar-refractivity contribution is 7.12. The van der Waals surface area contributed by atoms with E-state index in [1.54, 1.807) is 18.3 Å². The van der Waals surface area contributed by atoms with Gasteiger partial charge in [0.15, 0.2) is 0 Å². The largest absolute Gasteiger partial charge is 0.306 e. The second-order valence-electron chi connectivity index (χ2n) is 4.99. The normalized spacial score (nSPS) is 12.7. The molecule has 1 N–H and O–H groups in total. The van der Waals surface area contributed by atoms with E-state index in [1.807, 2.05) is 20.8 Å². The zero-order valence-corrected chi connectivity index (χ0v) is 13.0. The van der Waals surface area contributed by atoms with Gasteiger partial charge in [-0.2, -0.15) is 0 Å². The van der Waals surface area contributed by atoms with Gasteiger partial charge in [0, 0.05) is 15.3 Å². The predicted molar refractivity (Wildman–Crippen MR) is 80.4 cm³/mol. The molecule has 1 nitrogen and oxygen atoms in total. The molecule has 0 aliphatic carbocycles. The third-order valence-corrected chi connectivity index (χ3v) is 4.58. The molecule has 0 aliphatic rings. The molecule has 4 heteroatoms. The maximum absolute atomic E-state index is 14.4. The van der Waals surface area contributed by atoms with Crippen molar-refractivity contribution in [3.63, 3.8) is 0 Å². The molecule has 1 heterocycles. The zero-order chi connectivity index (χ0) is 14.9. The number of aryl methyl sites for hydroxylation is 3. The van der Waals surface area contributed by atoms with Crippen molar-refractivity contribution >= 4 is 11.3 Å². The van der Waals surface area contributed by atoms with Crippen LogP contribution >= 0.6 is 11.3 Å². The topological polar surface area (TPSA) is 12.0 Å². The molecule has 0 saturated heterocycles. The lowest BCUT2D eigenvalue weighted by Gasteiger charge is -2.20. The molecule has 0 amide bonds. The van der Waals surface area contributed by atoms with Crippen molar-refractivity contribution in [1.82, 2.24) is 5.32 Å². The fourth-order valence-electron chi connectivity index (χ4n) is 2.42. The number of nitrogens with one attached hydrogen (secondary N) is 1. The summed E-state index contributed by atoms with van der Waals surface area (Å²) in [6, 6.07) is 4.44. The van der Waals surface area contributed by atoms with Crippen LogP contribution in [0.15, 0.2) is 18.2 Å². The van der Waals surface area contributed by atoms with Gasteiger partial charge in [-0.3, -0.25) is 0 Å². The average molecular weight is 295 g/mol. The predicted octanol–water partition coefficient (Wildman–Crippen LogP) is 4.65. The molecule has 2 rings (SSSR count). The Balaban J connectivity index is 2.60. The summed E-state index contributed by atoms with van der Waals surface area (Å²) >= 11 is 1.58. The number of thiophene rings is 1. The van der Waals surface area contributed by atoms with Crippen molar-refractivity contribution < 1.29 is 8.78 Å². The first-order valence-electron chi connectivity index (χ1n) is 6.70. The Hall–Kier alpha value is -1.26. The van der Waals surface area contributed by atoms with Gasteiger partial charge in [0.05, 0.1) is 6.04 Å². The fourth-order valence-corrected chi connectivity index (χ4v) is 3.54. The maximum atomic E-state index is 14.4. The molecular formula is C16H19F2NS. The second kappa shape index (κ2) is 6.02. The Morgan fingerprint density at radius 1 is 1.15 bits per heavy atom. The van der Waals surface area contributed by atoms with Gasteiger partial charge in [0.1, 0.15) is 11.6 Å². The first-order valence-corrected chi connectivity index (χ1v) is 7.52. The van der Waals surface area contributed by atoms with Crippen molar-refractivity contribution in [2.24, 2.45) is 0 Å². The quantitative estimate of drug-likeness (QED) is 0.865. The number of hydrogen-bond donors (Lipinski definition) is 1. The highest BCUT2D eigenvalue weighted by Crippen LogP contribution is 2.35. The first-order chi connectivity index (χ1) is 9.45. The molecule has 0 spiro atoms. The SMILES string of the molecule is CCNC(c1sc(C)cc1C)c1c(F)ccc(C)c1F. The van der Waals surface area contributed by atoms with E-state index in [0.29, 0.717) is 12.1 Å². The Morgan fingerprint density at radius 3 is 2.40 bits per heavy atom. The van der Waals surface area contributed by atoms with E-state index in [1.165, 1.54) is 12.1 Å². The smallest absolute Gasteiger partial charge is 0.134 e. The molecular weight excluding hydrogens is 276 g/mol. The van der Waals surface area contributed by atoms with E-state index in [-0.39, 0.29) is 5.56 Å². The van der Waals surface area contributed by atoms with Gasteiger partial charge >= 0.3 is 0 Å². The summed E-state index contributed by atoms with van der Waals surface area (Å²) < 4.78 is 28.5. The van der Waals surface area contributed by atoms with E-state index < -0.39 is 17.7 Å². The van der Waals surface area contributed by atoms with Crippen LogP contribution < -0.4 is 5.32 Å². The van der Waals surface area contributed by atoms with Crippen LogP contribution in [0.2, 0.25) is 0 Å². The lowest BCUT2D eigenvalue weighted by atomic mass is 9.99. The van der Waals surface area contributed by atoms with Crippen LogP contribution in [-0.4, -0.2) is 6.54 Å². The lowest BCUT2D eigenvalue weighted by Crippen LogP contribution is -2.24. The van der Waals surface area contributed by atoms with Crippen LogP contribution in [0, 0.1) is 32.4 Å². The molecule has 108 valence electrons. The number of halogens is 2. The van der Waals surface area contributed by atoms with Crippen LogP contribution in [0.3, 0.4) is 0 Å². The Kier molecular flexibility index (Phi) is 4.55. The minimum atomic E-state index is -0.496. The van der Waals surface area contributed by atoms with Gasteiger partial charge < -0.3 is 5.32 Å². The summed E-state index contributed by atoms with van der Waals surface area (Å²) in [7, 11) is 0. The van der Waals surface area contributed by atoms with Crippen molar-refractivity contribution in [3.05, 3.63) is 56.3 Å². The van der Waals surface area contributed by atoms with Crippen molar-refractivity contribution in [2.75, 3.05) is 6.54 Å². The first kappa shape index (κ1) is 15.1. The molecule has 0 saturated carbocycles. The highest BCUT2D eigenvalue weighted by Gasteiger charge is 2.25. The molecule has 1 atom stereocenters. The van der Waals surface area contributed by atoms with Gasteiger partial charge in [-0.25, -0.2) is 8.78 Å². The minimum Gasteiger partial charge on any atom is -0.306 e. The lowest BCUT2D eigenvalue weighted by molar-refractivity contribution is 0.509. The molecule has 1 unspecified atom stereocenters. The standard InChI is InChI=1S/C16H19F2NS/c1-5-19-15(16-10(3)8-11(4)20-16)13-12(17)7-6-9(2)14(13)18/h6-8,15,19H,5H2,1-4H3. The van der Waals surface area contributed by atoms with Gasteiger partial charge in [-0.1, -0.05) is 13.0 Å². The Bertz CT molecular complexity index is 619. The van der Waals surface area contributed by atoms with Gasteiger partial charge in [0.25, 0.3) is 0 Å². The van der Waals surface area contributed by atoms with Crippen molar-refractivity contribution in [3.8, 4) is 0 Å². The number of rotatable bonds is 4. The molecule has 1 aromatic carbocycles. The summed E-state index contributed by atoms with van der Waals surface area (Å²) in [5, 5.41) is 3.21. The molecule has 20 heavy (non-hydrogen) atoms. The van der Waals surface area contributed by atoms with Crippen LogP contribution in [0.25, 0.3) is 0 Å². The number of benzene rings is 1. The summed E-state index contributed by atoms with van der Waals surface area (Å²) in [6.45, 7) is 8.23. The third-order valence-electron chi connectivity index (χ3n) is 3.36. The summed E-state index contributed by atoms with van der Waals surface area (Å²) in [4.78, 5) is 2.13. The maximum Gasteiger partial charge on any atom is 0.134 e. The summed E-state index contributed by atoms with van der Waals surface area (Å²) in [6.07, 6.45) is 0. The zero-order valence-electron chi connectivity index (χ0n) is 12.2. The Labute approximate surface area is 122 Å². The van der Waals surface area contributed by atoms with Gasteiger partial charge in [-0.15, -0.1) is 11.3 Å². The monoisotopic (exact) mass is 295 g/mol. The van der Waals surface area contributed by atoms with Gasteiger partial charge in [-0.05, 0) is 50.6 Å². The molecule has 1 aromatic heterocycles. The Morgan fingerprint density at radius 2 is 1.85 bits per heavy atom. The van der Waals surface area contributed by atoms with E-state index in [4.69, 9.17) is 0 Å². The van der Waals surface area contributed by atoms with E-state index in [0.717, 1.165) is 15.3 Å². The third kappa shape index (κ3) is 2.76. The summed E-state index contributed by atoms with van der Waals surface area (Å²) in [5.41, 5.74) is 1.66. The molecule has 0 bridgehead atoms.